The molecule has 4 rings (SSSR count). The van der Waals surface area contributed by atoms with Gasteiger partial charge in [-0.2, -0.15) is 0 Å². The van der Waals surface area contributed by atoms with E-state index in [4.69, 9.17) is 23.2 Å². The van der Waals surface area contributed by atoms with Crippen LogP contribution in [-0.4, -0.2) is 77.1 Å². The molecule has 2 aliphatic heterocycles. The van der Waals surface area contributed by atoms with Crippen LogP contribution >= 0.6 is 23.2 Å². The largest absolute Gasteiger partial charge is 0.392 e. The lowest BCUT2D eigenvalue weighted by Gasteiger charge is -2.43. The summed E-state index contributed by atoms with van der Waals surface area (Å²) in [6.07, 6.45) is 0.858. The molecule has 2 aromatic rings. The third-order valence-corrected chi connectivity index (χ3v) is 6.93. The predicted octanol–water partition coefficient (Wildman–Crippen LogP) is 3.32. The molecule has 0 aliphatic carbocycles. The Kier molecular flexibility index (Phi) is 7.51. The van der Waals surface area contributed by atoms with Crippen LogP contribution in [0, 0.1) is 0 Å². The minimum atomic E-state index is -0.260. The number of β-amino-alcohol motifs (C(OH)–C–C–N with tert-alkyl or cyclic N) is 1. The zero-order valence-corrected chi connectivity index (χ0v) is 19.1. The van der Waals surface area contributed by atoms with Crippen LogP contribution in [0.1, 0.15) is 17.5 Å². The SMILES string of the molecule is O=C(Cc1ccc(Cl)c(Cl)c1)N1CCN(Cc2ccccc2)CC1CN1CCC(O)C1. The van der Waals surface area contributed by atoms with Crippen molar-refractivity contribution in [1.29, 1.82) is 0 Å². The average molecular weight is 462 g/mol. The number of hydrogen-bond donors (Lipinski definition) is 1. The van der Waals surface area contributed by atoms with E-state index in [-0.39, 0.29) is 18.1 Å². The highest BCUT2D eigenvalue weighted by atomic mass is 35.5. The van der Waals surface area contributed by atoms with Crippen molar-refractivity contribution < 1.29 is 9.90 Å². The van der Waals surface area contributed by atoms with Gasteiger partial charge in [-0.1, -0.05) is 59.6 Å². The maximum absolute atomic E-state index is 13.2. The van der Waals surface area contributed by atoms with Crippen molar-refractivity contribution in [3.05, 3.63) is 69.7 Å². The fourth-order valence-corrected chi connectivity index (χ4v) is 4.91. The highest BCUT2D eigenvalue weighted by molar-refractivity contribution is 6.42. The Balaban J connectivity index is 1.45. The molecule has 5 nitrogen and oxygen atoms in total. The van der Waals surface area contributed by atoms with Crippen molar-refractivity contribution in [2.45, 2.75) is 31.5 Å². The van der Waals surface area contributed by atoms with Gasteiger partial charge in [0, 0.05) is 45.8 Å². The molecule has 2 saturated heterocycles. The molecule has 31 heavy (non-hydrogen) atoms. The minimum absolute atomic E-state index is 0.0954. The zero-order chi connectivity index (χ0) is 21.8. The van der Waals surface area contributed by atoms with Crippen LogP contribution in [0.25, 0.3) is 0 Å². The standard InChI is InChI=1S/C24H29Cl2N3O2/c25-22-7-6-19(12-23(22)26)13-24(31)29-11-10-28(14-18-4-2-1-3-5-18)16-20(29)15-27-9-8-21(30)17-27/h1-7,12,20-21,30H,8-11,13-17H2. The lowest BCUT2D eigenvalue weighted by atomic mass is 10.1. The van der Waals surface area contributed by atoms with Crippen LogP contribution in [0.3, 0.4) is 0 Å². The second-order valence-corrected chi connectivity index (χ2v) is 9.40. The molecule has 2 aliphatic rings. The van der Waals surface area contributed by atoms with Crippen molar-refractivity contribution in [3.8, 4) is 0 Å². The maximum Gasteiger partial charge on any atom is 0.227 e. The Labute approximate surface area is 194 Å². The van der Waals surface area contributed by atoms with Crippen molar-refractivity contribution in [2.75, 3.05) is 39.3 Å². The first-order chi connectivity index (χ1) is 15.0. The molecular formula is C24H29Cl2N3O2. The van der Waals surface area contributed by atoms with E-state index in [2.05, 4.69) is 34.1 Å². The Morgan fingerprint density at radius 3 is 2.45 bits per heavy atom. The first-order valence-corrected chi connectivity index (χ1v) is 11.6. The van der Waals surface area contributed by atoms with Crippen LogP contribution in [0.4, 0.5) is 0 Å². The zero-order valence-electron chi connectivity index (χ0n) is 17.6. The number of carbonyl (C=O) groups excluding carboxylic acids is 1. The molecule has 166 valence electrons. The van der Waals surface area contributed by atoms with Crippen LogP contribution in [-0.2, 0) is 17.8 Å². The summed E-state index contributed by atoms with van der Waals surface area (Å²) in [5, 5.41) is 10.9. The molecule has 2 fully saturated rings. The van der Waals surface area contributed by atoms with Gasteiger partial charge in [0.25, 0.3) is 0 Å². The fraction of sp³-hybridized carbons (Fsp3) is 0.458. The second kappa shape index (κ2) is 10.3. The van der Waals surface area contributed by atoms with Gasteiger partial charge < -0.3 is 10.0 Å². The first kappa shape index (κ1) is 22.6. The molecular weight excluding hydrogens is 433 g/mol. The van der Waals surface area contributed by atoms with Gasteiger partial charge in [-0.3, -0.25) is 14.6 Å². The van der Waals surface area contributed by atoms with Crippen LogP contribution in [0.2, 0.25) is 10.0 Å². The Bertz CT molecular complexity index is 896. The van der Waals surface area contributed by atoms with E-state index in [0.717, 1.165) is 44.7 Å². The number of hydrogen-bond acceptors (Lipinski definition) is 4. The lowest BCUT2D eigenvalue weighted by Crippen LogP contribution is -2.58. The van der Waals surface area contributed by atoms with Gasteiger partial charge in [0.2, 0.25) is 5.91 Å². The van der Waals surface area contributed by atoms with Gasteiger partial charge in [0.15, 0.2) is 0 Å². The van der Waals surface area contributed by atoms with Gasteiger partial charge in [-0.25, -0.2) is 0 Å². The molecule has 2 unspecified atom stereocenters. The number of likely N-dealkylation sites (tertiary alicyclic amines) is 1. The molecule has 1 N–H and O–H groups in total. The number of piperazine rings is 1. The smallest absolute Gasteiger partial charge is 0.227 e. The molecule has 7 heteroatoms. The van der Waals surface area contributed by atoms with Gasteiger partial charge in [-0.15, -0.1) is 0 Å². The summed E-state index contributed by atoms with van der Waals surface area (Å²) in [5.74, 6) is 0.113. The Morgan fingerprint density at radius 2 is 1.74 bits per heavy atom. The minimum Gasteiger partial charge on any atom is -0.392 e. The van der Waals surface area contributed by atoms with E-state index >= 15 is 0 Å². The Morgan fingerprint density at radius 1 is 0.935 bits per heavy atom. The third-order valence-electron chi connectivity index (χ3n) is 6.19. The van der Waals surface area contributed by atoms with E-state index in [1.165, 1.54) is 5.56 Å². The summed E-state index contributed by atoms with van der Waals surface area (Å²) in [5.41, 5.74) is 2.16. The third kappa shape index (κ3) is 5.99. The van der Waals surface area contributed by atoms with Crippen molar-refractivity contribution in [1.82, 2.24) is 14.7 Å². The molecule has 1 amide bonds. The molecule has 0 bridgehead atoms. The summed E-state index contributed by atoms with van der Waals surface area (Å²) in [6.45, 7) is 5.61. The van der Waals surface area contributed by atoms with Gasteiger partial charge in [0.05, 0.1) is 28.6 Å². The number of aliphatic hydroxyl groups is 1. The van der Waals surface area contributed by atoms with Crippen molar-refractivity contribution >= 4 is 29.1 Å². The predicted molar refractivity (Wildman–Crippen MR) is 124 cm³/mol. The van der Waals surface area contributed by atoms with Crippen LogP contribution in [0.15, 0.2) is 48.5 Å². The van der Waals surface area contributed by atoms with E-state index in [9.17, 15) is 9.90 Å². The number of halogens is 2. The number of rotatable bonds is 6. The van der Waals surface area contributed by atoms with Crippen LogP contribution in [0.5, 0.6) is 0 Å². The molecule has 0 radical (unpaired) electrons. The first-order valence-electron chi connectivity index (χ1n) is 10.9. The molecule has 2 aromatic carbocycles. The van der Waals surface area contributed by atoms with Gasteiger partial charge >= 0.3 is 0 Å². The molecule has 0 spiro atoms. The van der Waals surface area contributed by atoms with Gasteiger partial charge in [-0.05, 0) is 29.7 Å². The summed E-state index contributed by atoms with van der Waals surface area (Å²) in [7, 11) is 0. The summed E-state index contributed by atoms with van der Waals surface area (Å²) in [4.78, 5) is 20.0. The monoisotopic (exact) mass is 461 g/mol. The van der Waals surface area contributed by atoms with E-state index in [1.807, 2.05) is 17.0 Å². The number of carbonyl (C=O) groups is 1. The molecule has 0 aromatic heterocycles. The van der Waals surface area contributed by atoms with E-state index in [1.54, 1.807) is 12.1 Å². The summed E-state index contributed by atoms with van der Waals surface area (Å²) in [6, 6.07) is 15.9. The molecule has 0 saturated carbocycles. The highest BCUT2D eigenvalue weighted by Gasteiger charge is 2.33. The Hall–Kier alpha value is -1.63. The molecule has 2 atom stereocenters. The van der Waals surface area contributed by atoms with E-state index in [0.29, 0.717) is 29.6 Å². The van der Waals surface area contributed by atoms with Gasteiger partial charge in [0.1, 0.15) is 0 Å². The topological polar surface area (TPSA) is 47.0 Å². The lowest BCUT2D eigenvalue weighted by molar-refractivity contribution is -0.136. The summed E-state index contributed by atoms with van der Waals surface area (Å²) >= 11 is 12.2. The van der Waals surface area contributed by atoms with Crippen molar-refractivity contribution in [2.24, 2.45) is 0 Å². The average Bonchev–Trinajstić information content (AvgIpc) is 3.16. The summed E-state index contributed by atoms with van der Waals surface area (Å²) < 4.78 is 0. The van der Waals surface area contributed by atoms with Crippen LogP contribution < -0.4 is 0 Å². The maximum atomic E-state index is 13.2. The normalized spacial score (nSPS) is 22.7. The quantitative estimate of drug-likeness (QED) is 0.716. The number of amides is 1. The number of nitrogens with zero attached hydrogens (tertiary/aromatic N) is 3. The highest BCUT2D eigenvalue weighted by Crippen LogP contribution is 2.24. The number of aliphatic hydroxyl groups excluding tert-OH is 1. The second-order valence-electron chi connectivity index (χ2n) is 8.59. The number of benzene rings is 2. The molecule has 2 heterocycles. The van der Waals surface area contributed by atoms with E-state index < -0.39 is 0 Å². The fourth-order valence-electron chi connectivity index (χ4n) is 4.59. The van der Waals surface area contributed by atoms with Crippen molar-refractivity contribution in [3.63, 3.8) is 0 Å².